The van der Waals surface area contributed by atoms with Crippen LogP contribution in [-0.4, -0.2) is 13.2 Å². The van der Waals surface area contributed by atoms with E-state index in [1.54, 1.807) is 18.2 Å². The zero-order valence-electron chi connectivity index (χ0n) is 10.2. The van der Waals surface area contributed by atoms with Crippen LogP contribution in [0, 0.1) is 11.7 Å². The van der Waals surface area contributed by atoms with Crippen LogP contribution < -0.4 is 10.5 Å². The van der Waals surface area contributed by atoms with E-state index >= 15 is 0 Å². The highest BCUT2D eigenvalue weighted by Gasteiger charge is 2.15. The summed E-state index contributed by atoms with van der Waals surface area (Å²) in [7, 11) is 1.47. The van der Waals surface area contributed by atoms with Gasteiger partial charge in [0.2, 0.25) is 0 Å². The Hall–Kier alpha value is -1.09. The van der Waals surface area contributed by atoms with Crippen molar-refractivity contribution >= 4 is 0 Å². The SMILES string of the molecule is CCC(C)C(N)Cc1cccc(OC)c1F. The fourth-order valence-corrected chi connectivity index (χ4v) is 1.63. The first-order valence-electron chi connectivity index (χ1n) is 5.67. The molecule has 16 heavy (non-hydrogen) atoms. The van der Waals surface area contributed by atoms with Gasteiger partial charge in [-0.05, 0) is 24.0 Å². The van der Waals surface area contributed by atoms with E-state index in [-0.39, 0.29) is 17.6 Å². The highest BCUT2D eigenvalue weighted by atomic mass is 19.1. The maximum Gasteiger partial charge on any atom is 0.168 e. The van der Waals surface area contributed by atoms with Crippen molar-refractivity contribution in [3.63, 3.8) is 0 Å². The van der Waals surface area contributed by atoms with Gasteiger partial charge in [0, 0.05) is 6.04 Å². The van der Waals surface area contributed by atoms with Gasteiger partial charge in [-0.15, -0.1) is 0 Å². The molecular weight excluding hydrogens is 205 g/mol. The van der Waals surface area contributed by atoms with Crippen molar-refractivity contribution in [2.24, 2.45) is 11.7 Å². The zero-order chi connectivity index (χ0) is 12.1. The zero-order valence-corrected chi connectivity index (χ0v) is 10.2. The van der Waals surface area contributed by atoms with E-state index in [0.717, 1.165) is 6.42 Å². The van der Waals surface area contributed by atoms with E-state index in [9.17, 15) is 4.39 Å². The maximum absolute atomic E-state index is 13.8. The molecule has 3 heteroatoms. The van der Waals surface area contributed by atoms with Crippen molar-refractivity contribution in [2.45, 2.75) is 32.7 Å². The molecule has 1 aromatic rings. The van der Waals surface area contributed by atoms with Crippen LogP contribution in [0.15, 0.2) is 18.2 Å². The topological polar surface area (TPSA) is 35.2 Å². The number of hydrogen-bond acceptors (Lipinski definition) is 2. The average Bonchev–Trinajstić information content (AvgIpc) is 2.30. The van der Waals surface area contributed by atoms with Gasteiger partial charge in [-0.1, -0.05) is 32.4 Å². The third kappa shape index (κ3) is 2.95. The van der Waals surface area contributed by atoms with E-state index in [1.165, 1.54) is 7.11 Å². The van der Waals surface area contributed by atoms with Gasteiger partial charge in [0.05, 0.1) is 7.11 Å². The van der Waals surface area contributed by atoms with E-state index in [0.29, 0.717) is 17.9 Å². The Morgan fingerprint density at radius 2 is 2.12 bits per heavy atom. The summed E-state index contributed by atoms with van der Waals surface area (Å²) >= 11 is 0. The molecule has 1 rings (SSSR count). The first kappa shape index (κ1) is 13.0. The van der Waals surface area contributed by atoms with Crippen LogP contribution in [0.3, 0.4) is 0 Å². The fraction of sp³-hybridized carbons (Fsp3) is 0.538. The van der Waals surface area contributed by atoms with Crippen LogP contribution in [0.1, 0.15) is 25.8 Å². The molecule has 0 fully saturated rings. The molecule has 1 aromatic carbocycles. The predicted octanol–water partition coefficient (Wildman–Crippen LogP) is 2.75. The lowest BCUT2D eigenvalue weighted by Crippen LogP contribution is -2.30. The molecule has 0 aliphatic carbocycles. The number of hydrogen-bond donors (Lipinski definition) is 1. The minimum Gasteiger partial charge on any atom is -0.494 e. The van der Waals surface area contributed by atoms with Gasteiger partial charge in [0.15, 0.2) is 11.6 Å². The van der Waals surface area contributed by atoms with Gasteiger partial charge < -0.3 is 10.5 Å². The number of benzene rings is 1. The number of rotatable bonds is 5. The molecule has 0 heterocycles. The van der Waals surface area contributed by atoms with Crippen molar-refractivity contribution < 1.29 is 9.13 Å². The third-order valence-electron chi connectivity index (χ3n) is 3.09. The number of halogens is 1. The van der Waals surface area contributed by atoms with Crippen molar-refractivity contribution in [1.29, 1.82) is 0 Å². The molecule has 0 aliphatic heterocycles. The Balaban J connectivity index is 2.81. The van der Waals surface area contributed by atoms with Crippen LogP contribution in [0.5, 0.6) is 5.75 Å². The normalized spacial score (nSPS) is 14.6. The first-order valence-corrected chi connectivity index (χ1v) is 5.67. The van der Waals surface area contributed by atoms with E-state index in [1.807, 2.05) is 0 Å². The summed E-state index contributed by atoms with van der Waals surface area (Å²) in [5, 5.41) is 0. The highest BCUT2D eigenvalue weighted by molar-refractivity contribution is 5.31. The summed E-state index contributed by atoms with van der Waals surface area (Å²) in [6, 6.07) is 5.17. The van der Waals surface area contributed by atoms with Gasteiger partial charge >= 0.3 is 0 Å². The van der Waals surface area contributed by atoms with Crippen LogP contribution in [0.4, 0.5) is 4.39 Å². The van der Waals surface area contributed by atoms with Gasteiger partial charge in [-0.3, -0.25) is 0 Å². The Bertz CT molecular complexity index is 341. The molecule has 0 amide bonds. The quantitative estimate of drug-likeness (QED) is 0.836. The summed E-state index contributed by atoms with van der Waals surface area (Å²) in [6.45, 7) is 4.18. The Morgan fingerprint density at radius 1 is 1.44 bits per heavy atom. The minimum absolute atomic E-state index is 0.00777. The minimum atomic E-state index is -0.288. The lowest BCUT2D eigenvalue weighted by Gasteiger charge is -2.18. The molecule has 2 atom stereocenters. The molecule has 0 radical (unpaired) electrons. The van der Waals surface area contributed by atoms with Gasteiger partial charge in [-0.25, -0.2) is 4.39 Å². The smallest absolute Gasteiger partial charge is 0.168 e. The summed E-state index contributed by atoms with van der Waals surface area (Å²) in [6.07, 6.45) is 1.56. The summed E-state index contributed by atoms with van der Waals surface area (Å²) in [5.41, 5.74) is 6.64. The van der Waals surface area contributed by atoms with Crippen LogP contribution in [0.25, 0.3) is 0 Å². The van der Waals surface area contributed by atoms with E-state index < -0.39 is 0 Å². The number of ether oxygens (including phenoxy) is 1. The summed E-state index contributed by atoms with van der Waals surface area (Å²) < 4.78 is 18.8. The maximum atomic E-state index is 13.8. The second-order valence-electron chi connectivity index (χ2n) is 4.19. The molecule has 0 saturated heterocycles. The molecule has 0 aliphatic rings. The van der Waals surface area contributed by atoms with Crippen molar-refractivity contribution in [3.05, 3.63) is 29.6 Å². The molecule has 2 unspecified atom stereocenters. The lowest BCUT2D eigenvalue weighted by molar-refractivity contribution is 0.380. The van der Waals surface area contributed by atoms with Gasteiger partial charge in [-0.2, -0.15) is 0 Å². The van der Waals surface area contributed by atoms with E-state index in [4.69, 9.17) is 10.5 Å². The van der Waals surface area contributed by atoms with Gasteiger partial charge in [0.25, 0.3) is 0 Å². The van der Waals surface area contributed by atoms with Gasteiger partial charge in [0.1, 0.15) is 0 Å². The average molecular weight is 225 g/mol. The van der Waals surface area contributed by atoms with Crippen molar-refractivity contribution in [1.82, 2.24) is 0 Å². The van der Waals surface area contributed by atoms with Crippen molar-refractivity contribution in [3.8, 4) is 5.75 Å². The highest BCUT2D eigenvalue weighted by Crippen LogP contribution is 2.22. The molecular formula is C13H20FNO. The number of nitrogens with two attached hydrogens (primary N) is 1. The van der Waals surface area contributed by atoms with Crippen molar-refractivity contribution in [2.75, 3.05) is 7.11 Å². The second-order valence-corrected chi connectivity index (χ2v) is 4.19. The molecule has 0 spiro atoms. The molecule has 0 aromatic heterocycles. The Labute approximate surface area is 96.6 Å². The second kappa shape index (κ2) is 5.85. The lowest BCUT2D eigenvalue weighted by atomic mass is 9.93. The summed E-state index contributed by atoms with van der Waals surface area (Å²) in [5.74, 6) is 0.392. The van der Waals surface area contributed by atoms with Crippen LogP contribution in [0.2, 0.25) is 0 Å². The predicted molar refractivity (Wildman–Crippen MR) is 64.1 cm³/mol. The largest absolute Gasteiger partial charge is 0.494 e. The molecule has 0 saturated carbocycles. The van der Waals surface area contributed by atoms with E-state index in [2.05, 4.69) is 13.8 Å². The van der Waals surface area contributed by atoms with Crippen LogP contribution >= 0.6 is 0 Å². The number of methoxy groups -OCH3 is 1. The Kier molecular flexibility index (Phi) is 4.74. The van der Waals surface area contributed by atoms with Crippen LogP contribution in [-0.2, 0) is 6.42 Å². The first-order chi connectivity index (χ1) is 7.60. The summed E-state index contributed by atoms with van der Waals surface area (Å²) in [4.78, 5) is 0. The third-order valence-corrected chi connectivity index (χ3v) is 3.09. The molecule has 2 N–H and O–H groups in total. The fourth-order valence-electron chi connectivity index (χ4n) is 1.63. The molecule has 90 valence electrons. The monoisotopic (exact) mass is 225 g/mol. The Morgan fingerprint density at radius 3 is 2.69 bits per heavy atom. The standard InChI is InChI=1S/C13H20FNO/c1-4-9(2)11(15)8-10-6-5-7-12(16-3)13(10)14/h5-7,9,11H,4,8,15H2,1-3H3. The molecule has 2 nitrogen and oxygen atoms in total. The molecule has 0 bridgehead atoms.